The van der Waals surface area contributed by atoms with Gasteiger partial charge in [-0.15, -0.1) is 0 Å². The molecule has 0 fully saturated rings. The third kappa shape index (κ3) is 4.92. The summed E-state index contributed by atoms with van der Waals surface area (Å²) in [6.07, 6.45) is 0.622. The van der Waals surface area contributed by atoms with Gasteiger partial charge in [-0.1, -0.05) is 48.5 Å². The number of rotatable bonds is 5. The number of Topliss-reactive ketones (excluding diaryl/α,β-unsaturated/α-hetero) is 1. The Kier molecular flexibility index (Phi) is 6.01. The highest BCUT2D eigenvalue weighted by Crippen LogP contribution is 2.47. The van der Waals surface area contributed by atoms with Gasteiger partial charge in [0.2, 0.25) is 0 Å². The number of hydrogen-bond donors (Lipinski definition) is 0. The second kappa shape index (κ2) is 6.28. The van der Waals surface area contributed by atoms with E-state index in [1.165, 1.54) is 6.92 Å². The molecular formula is C17H32O3. The second-order valence-electron chi connectivity index (χ2n) is 8.23. The van der Waals surface area contributed by atoms with Crippen molar-refractivity contribution >= 4 is 11.8 Å². The van der Waals surface area contributed by atoms with Crippen LogP contribution in [0.4, 0.5) is 0 Å². The Balaban J connectivity index is 5.35. The highest BCUT2D eigenvalue weighted by molar-refractivity contribution is 5.85. The highest BCUT2D eigenvalue weighted by Gasteiger charge is 2.48. The van der Waals surface area contributed by atoms with Crippen molar-refractivity contribution in [1.29, 1.82) is 0 Å². The first-order valence-corrected chi connectivity index (χ1v) is 7.46. The molecule has 0 saturated carbocycles. The normalized spacial score (nSPS) is 17.2. The van der Waals surface area contributed by atoms with Crippen molar-refractivity contribution in [1.82, 2.24) is 0 Å². The monoisotopic (exact) mass is 284 g/mol. The minimum atomic E-state index is -0.621. The van der Waals surface area contributed by atoms with E-state index >= 15 is 0 Å². The molecule has 0 aromatic rings. The van der Waals surface area contributed by atoms with Crippen molar-refractivity contribution in [3.63, 3.8) is 0 Å². The molecule has 0 amide bonds. The second-order valence-corrected chi connectivity index (χ2v) is 8.23. The molecule has 3 nitrogen and oxygen atoms in total. The molecule has 0 aliphatic carbocycles. The maximum Gasteiger partial charge on any atom is 0.313 e. The third-order valence-corrected chi connectivity index (χ3v) is 4.06. The molecule has 0 rings (SSSR count). The number of esters is 1. The fraction of sp³-hybridized carbons (Fsp3) is 0.882. The molecule has 0 heterocycles. The van der Waals surface area contributed by atoms with Crippen molar-refractivity contribution in [3.8, 4) is 0 Å². The summed E-state index contributed by atoms with van der Waals surface area (Å²) < 4.78 is 5.51. The van der Waals surface area contributed by atoms with E-state index < -0.39 is 11.5 Å². The Labute approximate surface area is 124 Å². The number of ketones is 1. The molecule has 3 heteroatoms. The van der Waals surface area contributed by atoms with Gasteiger partial charge in [-0.3, -0.25) is 9.59 Å². The standard InChI is InChI=1S/C17H32O3/c1-10-13(12(2)18)20-14(19)17(9,16(6,7)8)11-15(3,4)5/h13H,10-11H2,1-9H3. The predicted molar refractivity (Wildman–Crippen MR) is 82.5 cm³/mol. The van der Waals surface area contributed by atoms with Crippen molar-refractivity contribution in [2.24, 2.45) is 16.2 Å². The van der Waals surface area contributed by atoms with Crippen molar-refractivity contribution < 1.29 is 14.3 Å². The molecule has 118 valence electrons. The lowest BCUT2D eigenvalue weighted by Gasteiger charge is -2.43. The van der Waals surface area contributed by atoms with Crippen LogP contribution in [0, 0.1) is 16.2 Å². The summed E-state index contributed by atoms with van der Waals surface area (Å²) >= 11 is 0. The number of carbonyl (C=O) groups excluding carboxylic acids is 2. The largest absolute Gasteiger partial charge is 0.454 e. The van der Waals surface area contributed by atoms with Gasteiger partial charge in [0.25, 0.3) is 0 Å². The predicted octanol–water partition coefficient (Wildman–Crippen LogP) is 4.39. The van der Waals surface area contributed by atoms with Gasteiger partial charge in [-0.25, -0.2) is 0 Å². The minimum Gasteiger partial charge on any atom is -0.454 e. The van der Waals surface area contributed by atoms with Crippen LogP contribution in [-0.4, -0.2) is 17.9 Å². The van der Waals surface area contributed by atoms with E-state index in [0.717, 1.165) is 6.42 Å². The average molecular weight is 284 g/mol. The quantitative estimate of drug-likeness (QED) is 0.703. The highest BCUT2D eigenvalue weighted by atomic mass is 16.5. The van der Waals surface area contributed by atoms with Gasteiger partial charge in [-0.05, 0) is 37.5 Å². The zero-order valence-electron chi connectivity index (χ0n) is 14.7. The van der Waals surface area contributed by atoms with Gasteiger partial charge in [0.1, 0.15) is 0 Å². The van der Waals surface area contributed by atoms with Crippen LogP contribution < -0.4 is 0 Å². The summed E-state index contributed by atoms with van der Waals surface area (Å²) in [5.41, 5.74) is -0.834. The molecular weight excluding hydrogens is 252 g/mol. The smallest absolute Gasteiger partial charge is 0.313 e. The molecule has 0 radical (unpaired) electrons. The Hall–Kier alpha value is -0.860. The molecule has 0 aromatic carbocycles. The zero-order chi connectivity index (χ0) is 16.4. The van der Waals surface area contributed by atoms with Crippen molar-refractivity contribution in [2.45, 2.75) is 81.3 Å². The summed E-state index contributed by atoms with van der Waals surface area (Å²) in [6, 6.07) is 0. The number of hydrogen-bond acceptors (Lipinski definition) is 3. The van der Waals surface area contributed by atoms with Gasteiger partial charge < -0.3 is 4.74 Å². The van der Waals surface area contributed by atoms with E-state index in [1.54, 1.807) is 0 Å². The van der Waals surface area contributed by atoms with Crippen LogP contribution in [0.25, 0.3) is 0 Å². The van der Waals surface area contributed by atoms with Gasteiger partial charge in [0, 0.05) is 0 Å². The zero-order valence-corrected chi connectivity index (χ0v) is 14.7. The maximum atomic E-state index is 12.7. The van der Waals surface area contributed by atoms with E-state index in [2.05, 4.69) is 41.5 Å². The number of ether oxygens (including phenoxy) is 1. The molecule has 2 unspecified atom stereocenters. The first-order valence-electron chi connectivity index (χ1n) is 7.46. The fourth-order valence-electron chi connectivity index (χ4n) is 2.42. The van der Waals surface area contributed by atoms with Crippen LogP contribution in [0.2, 0.25) is 0 Å². The summed E-state index contributed by atoms with van der Waals surface area (Å²) in [4.78, 5) is 24.2. The first kappa shape index (κ1) is 19.1. The van der Waals surface area contributed by atoms with Crippen LogP contribution in [0.3, 0.4) is 0 Å². The van der Waals surface area contributed by atoms with E-state index in [1.807, 2.05) is 13.8 Å². The van der Waals surface area contributed by atoms with Crippen LogP contribution in [0.15, 0.2) is 0 Å². The first-order chi connectivity index (χ1) is 8.74. The van der Waals surface area contributed by atoms with Gasteiger partial charge in [-0.2, -0.15) is 0 Å². The molecule has 0 bridgehead atoms. The Bertz CT molecular complexity index is 357. The lowest BCUT2D eigenvalue weighted by Crippen LogP contribution is -2.46. The van der Waals surface area contributed by atoms with Crippen molar-refractivity contribution in [2.75, 3.05) is 0 Å². The van der Waals surface area contributed by atoms with E-state index in [9.17, 15) is 9.59 Å². The summed E-state index contributed by atoms with van der Waals surface area (Å²) in [7, 11) is 0. The molecule has 0 aliphatic heterocycles. The van der Waals surface area contributed by atoms with Crippen molar-refractivity contribution in [3.05, 3.63) is 0 Å². The Morgan fingerprint density at radius 1 is 1.00 bits per heavy atom. The van der Waals surface area contributed by atoms with Crippen LogP contribution >= 0.6 is 0 Å². The topological polar surface area (TPSA) is 43.4 Å². The van der Waals surface area contributed by atoms with Gasteiger partial charge in [0.15, 0.2) is 11.9 Å². The lowest BCUT2D eigenvalue weighted by atomic mass is 9.61. The summed E-state index contributed by atoms with van der Waals surface area (Å²) in [5.74, 6) is -0.352. The molecule has 0 aromatic heterocycles. The lowest BCUT2D eigenvalue weighted by molar-refractivity contribution is -0.173. The van der Waals surface area contributed by atoms with Crippen LogP contribution in [0.1, 0.15) is 75.2 Å². The van der Waals surface area contributed by atoms with Gasteiger partial charge >= 0.3 is 5.97 Å². The van der Waals surface area contributed by atoms with Gasteiger partial charge in [0.05, 0.1) is 5.41 Å². The Morgan fingerprint density at radius 2 is 1.45 bits per heavy atom. The Morgan fingerprint density at radius 3 is 1.70 bits per heavy atom. The maximum absolute atomic E-state index is 12.7. The van der Waals surface area contributed by atoms with Crippen LogP contribution in [-0.2, 0) is 14.3 Å². The SMILES string of the molecule is CCC(OC(=O)C(C)(CC(C)(C)C)C(C)(C)C)C(C)=O. The van der Waals surface area contributed by atoms with E-state index in [0.29, 0.717) is 6.42 Å². The fourth-order valence-corrected chi connectivity index (χ4v) is 2.42. The summed E-state index contributed by atoms with van der Waals surface area (Å²) in [6.45, 7) is 17.8. The molecule has 0 aliphatic rings. The van der Waals surface area contributed by atoms with E-state index in [4.69, 9.17) is 4.74 Å². The third-order valence-electron chi connectivity index (χ3n) is 4.06. The number of carbonyl (C=O) groups is 2. The van der Waals surface area contributed by atoms with Crippen LogP contribution in [0.5, 0.6) is 0 Å². The molecule has 20 heavy (non-hydrogen) atoms. The average Bonchev–Trinajstić information content (AvgIpc) is 2.20. The van der Waals surface area contributed by atoms with E-state index in [-0.39, 0.29) is 22.6 Å². The minimum absolute atomic E-state index is 0.0129. The molecule has 0 saturated heterocycles. The molecule has 0 N–H and O–H groups in total. The molecule has 0 spiro atoms. The summed E-state index contributed by atoms with van der Waals surface area (Å²) in [5, 5.41) is 0. The molecule has 2 atom stereocenters.